The molecule has 0 spiro atoms. The predicted octanol–water partition coefficient (Wildman–Crippen LogP) is 3.03. The number of anilines is 1. The Balaban J connectivity index is 1.25. The van der Waals surface area contributed by atoms with E-state index in [2.05, 4.69) is 15.2 Å². The van der Waals surface area contributed by atoms with Crippen LogP contribution in [-0.2, 0) is 0 Å². The van der Waals surface area contributed by atoms with E-state index in [-0.39, 0.29) is 12.0 Å². The molecule has 2 aliphatic rings. The van der Waals surface area contributed by atoms with Crippen molar-refractivity contribution in [3.05, 3.63) is 48.2 Å². The van der Waals surface area contributed by atoms with Gasteiger partial charge >= 0.3 is 0 Å². The summed E-state index contributed by atoms with van der Waals surface area (Å²) in [4.78, 5) is 19.1. The topological polar surface area (TPSA) is 63.7 Å². The Kier molecular flexibility index (Phi) is 5.42. The number of amides is 1. The standard InChI is InChI=1S/C21H25N3O3/c25-21(16-8-9-20(23-14-16)24-12-4-1-5-13-24)22-11-10-17-15-26-18-6-2-3-7-19(18)27-17/h2-3,6-9,14,17H,1,4-5,10-13,15H2,(H,22,25)/t17-/m0/s1. The van der Waals surface area contributed by atoms with E-state index in [0.29, 0.717) is 25.1 Å². The molecule has 1 aromatic carbocycles. The molecule has 2 aliphatic heterocycles. The van der Waals surface area contributed by atoms with E-state index in [9.17, 15) is 4.79 Å². The zero-order valence-electron chi connectivity index (χ0n) is 15.4. The monoisotopic (exact) mass is 367 g/mol. The highest BCUT2D eigenvalue weighted by Gasteiger charge is 2.20. The third-order valence-corrected chi connectivity index (χ3v) is 5.01. The van der Waals surface area contributed by atoms with Crippen LogP contribution in [0.25, 0.3) is 0 Å². The van der Waals surface area contributed by atoms with Crippen molar-refractivity contribution >= 4 is 11.7 Å². The number of carbonyl (C=O) groups is 1. The van der Waals surface area contributed by atoms with E-state index in [1.54, 1.807) is 6.20 Å². The van der Waals surface area contributed by atoms with Crippen molar-refractivity contribution in [2.45, 2.75) is 31.8 Å². The molecule has 6 nitrogen and oxygen atoms in total. The summed E-state index contributed by atoms with van der Waals surface area (Å²) < 4.78 is 11.6. The van der Waals surface area contributed by atoms with Gasteiger partial charge < -0.3 is 19.7 Å². The molecule has 0 radical (unpaired) electrons. The van der Waals surface area contributed by atoms with E-state index in [1.165, 1.54) is 19.3 Å². The number of nitrogens with zero attached hydrogens (tertiary/aromatic N) is 2. The maximum Gasteiger partial charge on any atom is 0.252 e. The number of hydrogen-bond acceptors (Lipinski definition) is 5. The summed E-state index contributed by atoms with van der Waals surface area (Å²) in [5, 5.41) is 2.94. The van der Waals surface area contributed by atoms with Crippen LogP contribution in [0.1, 0.15) is 36.0 Å². The van der Waals surface area contributed by atoms with Crippen molar-refractivity contribution in [1.29, 1.82) is 0 Å². The van der Waals surface area contributed by atoms with Gasteiger partial charge in [0.2, 0.25) is 0 Å². The molecule has 1 atom stereocenters. The highest BCUT2D eigenvalue weighted by atomic mass is 16.6. The van der Waals surface area contributed by atoms with Gasteiger partial charge in [-0.05, 0) is 43.5 Å². The van der Waals surface area contributed by atoms with E-state index in [4.69, 9.17) is 9.47 Å². The molecule has 1 aromatic heterocycles. The first kappa shape index (κ1) is 17.6. The number of carbonyl (C=O) groups excluding carboxylic acids is 1. The highest BCUT2D eigenvalue weighted by Crippen LogP contribution is 2.31. The molecule has 0 saturated carbocycles. The quantitative estimate of drug-likeness (QED) is 0.880. The second-order valence-corrected chi connectivity index (χ2v) is 6.99. The number of aromatic nitrogens is 1. The van der Waals surface area contributed by atoms with Crippen molar-refractivity contribution in [2.24, 2.45) is 0 Å². The number of piperidine rings is 1. The largest absolute Gasteiger partial charge is 0.486 e. The summed E-state index contributed by atoms with van der Waals surface area (Å²) in [5.74, 6) is 2.39. The summed E-state index contributed by atoms with van der Waals surface area (Å²) in [7, 11) is 0. The number of pyridine rings is 1. The maximum absolute atomic E-state index is 12.3. The van der Waals surface area contributed by atoms with Gasteiger partial charge in [0.05, 0.1) is 5.56 Å². The number of hydrogen-bond donors (Lipinski definition) is 1. The maximum atomic E-state index is 12.3. The minimum atomic E-state index is -0.107. The van der Waals surface area contributed by atoms with Crippen LogP contribution in [0.2, 0.25) is 0 Å². The molecule has 142 valence electrons. The van der Waals surface area contributed by atoms with Gasteiger partial charge in [0.1, 0.15) is 18.5 Å². The first-order valence-corrected chi connectivity index (χ1v) is 9.67. The lowest BCUT2D eigenvalue weighted by Gasteiger charge is -2.27. The molecule has 0 aliphatic carbocycles. The van der Waals surface area contributed by atoms with Gasteiger partial charge in [-0.2, -0.15) is 0 Å². The molecule has 6 heteroatoms. The number of nitrogens with one attached hydrogen (secondary N) is 1. The van der Waals surface area contributed by atoms with Crippen LogP contribution >= 0.6 is 0 Å². The number of ether oxygens (including phenoxy) is 2. The fourth-order valence-electron chi connectivity index (χ4n) is 3.48. The Labute approximate surface area is 159 Å². The van der Waals surface area contributed by atoms with Crippen LogP contribution in [0.4, 0.5) is 5.82 Å². The third kappa shape index (κ3) is 4.32. The van der Waals surface area contributed by atoms with Crippen molar-refractivity contribution in [2.75, 3.05) is 31.1 Å². The molecule has 1 amide bonds. The summed E-state index contributed by atoms with van der Waals surface area (Å²) >= 11 is 0. The smallest absolute Gasteiger partial charge is 0.252 e. The summed E-state index contributed by atoms with van der Waals surface area (Å²) in [6.07, 6.45) is 6.01. The van der Waals surface area contributed by atoms with Crippen LogP contribution in [0.5, 0.6) is 11.5 Å². The van der Waals surface area contributed by atoms with Gasteiger partial charge in [0.25, 0.3) is 5.91 Å². The van der Waals surface area contributed by atoms with Crippen molar-refractivity contribution in [3.8, 4) is 11.5 Å². The van der Waals surface area contributed by atoms with Gasteiger partial charge in [-0.15, -0.1) is 0 Å². The van der Waals surface area contributed by atoms with Crippen LogP contribution < -0.4 is 19.7 Å². The summed E-state index contributed by atoms with van der Waals surface area (Å²) in [6.45, 7) is 3.12. The van der Waals surface area contributed by atoms with Crippen molar-refractivity contribution in [3.63, 3.8) is 0 Å². The molecular formula is C21H25N3O3. The molecule has 0 bridgehead atoms. The van der Waals surface area contributed by atoms with E-state index < -0.39 is 0 Å². The minimum Gasteiger partial charge on any atom is -0.486 e. The Morgan fingerprint density at radius 3 is 2.70 bits per heavy atom. The highest BCUT2D eigenvalue weighted by molar-refractivity contribution is 5.94. The normalized spacial score (nSPS) is 18.8. The molecule has 1 saturated heterocycles. The van der Waals surface area contributed by atoms with Gasteiger partial charge in [-0.1, -0.05) is 12.1 Å². The average molecular weight is 367 g/mol. The Bertz CT molecular complexity index is 772. The lowest BCUT2D eigenvalue weighted by Crippen LogP contribution is -2.34. The number of benzene rings is 1. The average Bonchev–Trinajstić information content (AvgIpc) is 2.74. The minimum absolute atomic E-state index is 0.0557. The van der Waals surface area contributed by atoms with Crippen LogP contribution in [0.15, 0.2) is 42.6 Å². The molecule has 3 heterocycles. The Hall–Kier alpha value is -2.76. The summed E-state index contributed by atoms with van der Waals surface area (Å²) in [6, 6.07) is 11.4. The Morgan fingerprint density at radius 2 is 1.93 bits per heavy atom. The van der Waals surface area contributed by atoms with Crippen molar-refractivity contribution < 1.29 is 14.3 Å². The van der Waals surface area contributed by atoms with Crippen LogP contribution in [0, 0.1) is 0 Å². The molecule has 2 aromatic rings. The van der Waals surface area contributed by atoms with Gasteiger partial charge in [0.15, 0.2) is 11.5 Å². The molecular weight excluding hydrogens is 342 g/mol. The molecule has 0 unspecified atom stereocenters. The van der Waals surface area contributed by atoms with Gasteiger partial charge in [0, 0.05) is 32.3 Å². The SMILES string of the molecule is O=C(NCC[C@H]1COc2ccccc2O1)c1ccc(N2CCCCC2)nc1. The molecule has 1 N–H and O–H groups in total. The second kappa shape index (κ2) is 8.29. The van der Waals surface area contributed by atoms with Crippen molar-refractivity contribution in [1.82, 2.24) is 10.3 Å². The summed E-state index contributed by atoms with van der Waals surface area (Å²) in [5.41, 5.74) is 0.585. The third-order valence-electron chi connectivity index (χ3n) is 5.01. The van der Waals surface area contributed by atoms with E-state index >= 15 is 0 Å². The van der Waals surface area contributed by atoms with Gasteiger partial charge in [-0.3, -0.25) is 4.79 Å². The fraction of sp³-hybridized carbons (Fsp3) is 0.429. The first-order valence-electron chi connectivity index (χ1n) is 9.67. The lowest BCUT2D eigenvalue weighted by molar-refractivity contribution is 0.0812. The zero-order chi connectivity index (χ0) is 18.5. The van der Waals surface area contributed by atoms with Crippen LogP contribution in [-0.4, -0.2) is 43.2 Å². The van der Waals surface area contributed by atoms with E-state index in [1.807, 2.05) is 36.4 Å². The Morgan fingerprint density at radius 1 is 1.11 bits per heavy atom. The number of rotatable bonds is 5. The lowest BCUT2D eigenvalue weighted by atomic mass is 10.1. The van der Waals surface area contributed by atoms with Crippen LogP contribution in [0.3, 0.4) is 0 Å². The fourth-order valence-corrected chi connectivity index (χ4v) is 3.48. The zero-order valence-corrected chi connectivity index (χ0v) is 15.4. The molecule has 27 heavy (non-hydrogen) atoms. The first-order chi connectivity index (χ1) is 13.3. The molecule has 1 fully saturated rings. The number of para-hydroxylation sites is 2. The number of fused-ring (bicyclic) bond motifs is 1. The second-order valence-electron chi connectivity index (χ2n) is 6.99. The molecule has 4 rings (SSSR count). The van der Waals surface area contributed by atoms with Gasteiger partial charge in [-0.25, -0.2) is 4.98 Å². The van der Waals surface area contributed by atoms with E-state index in [0.717, 1.165) is 30.4 Å². The predicted molar refractivity (Wildman–Crippen MR) is 104 cm³/mol.